The molecule has 0 aromatic heterocycles. The zero-order valence-corrected chi connectivity index (χ0v) is 12.1. The Balaban J connectivity index is 2.32. The van der Waals surface area contributed by atoms with Crippen LogP contribution in [-0.4, -0.2) is 22.1 Å². The Labute approximate surface area is 114 Å². The molecule has 0 aliphatic heterocycles. The Morgan fingerprint density at radius 2 is 2.17 bits per heavy atom. The van der Waals surface area contributed by atoms with E-state index in [1.165, 1.54) is 13.2 Å². The molecule has 18 heavy (non-hydrogen) atoms. The molecule has 0 radical (unpaired) electrons. The Morgan fingerprint density at radius 3 is 2.72 bits per heavy atom. The Kier molecular flexibility index (Phi) is 3.93. The van der Waals surface area contributed by atoms with E-state index in [0.29, 0.717) is 12.5 Å². The van der Waals surface area contributed by atoms with Crippen LogP contribution in [0.5, 0.6) is 5.75 Å². The van der Waals surface area contributed by atoms with Gasteiger partial charge in [-0.25, -0.2) is 17.5 Å². The van der Waals surface area contributed by atoms with Gasteiger partial charge in [0.25, 0.3) is 0 Å². The summed E-state index contributed by atoms with van der Waals surface area (Å²) in [6.07, 6.45) is 2.07. The summed E-state index contributed by atoms with van der Waals surface area (Å²) in [5.41, 5.74) is 0. The molecular weight excluding hydrogens is 325 g/mol. The fourth-order valence-electron chi connectivity index (χ4n) is 1.51. The molecule has 0 spiro atoms. The summed E-state index contributed by atoms with van der Waals surface area (Å²) in [5.74, 6) is -0.111. The summed E-state index contributed by atoms with van der Waals surface area (Å²) in [4.78, 5) is -0.175. The Hall–Kier alpha value is -0.660. The molecule has 0 heterocycles. The van der Waals surface area contributed by atoms with Crippen LogP contribution in [0.15, 0.2) is 21.5 Å². The first kappa shape index (κ1) is 13.8. The molecule has 0 unspecified atom stereocenters. The van der Waals surface area contributed by atoms with E-state index in [1.54, 1.807) is 0 Å². The molecule has 1 aromatic rings. The van der Waals surface area contributed by atoms with Crippen molar-refractivity contribution < 1.29 is 17.5 Å². The molecule has 0 bridgehead atoms. The molecule has 0 amide bonds. The van der Waals surface area contributed by atoms with Crippen LogP contribution in [0.25, 0.3) is 0 Å². The van der Waals surface area contributed by atoms with E-state index in [9.17, 15) is 12.8 Å². The molecule has 1 saturated carbocycles. The number of nitrogens with one attached hydrogen (secondary N) is 1. The average molecular weight is 338 g/mol. The molecule has 1 aliphatic carbocycles. The fourth-order valence-corrected chi connectivity index (χ4v) is 3.11. The SMILES string of the molecule is COc1cc(Br)c(F)cc1S(=O)(=O)NCC1CC1. The van der Waals surface area contributed by atoms with Gasteiger partial charge in [0.15, 0.2) is 0 Å². The normalized spacial score (nSPS) is 15.7. The van der Waals surface area contributed by atoms with Crippen LogP contribution in [0, 0.1) is 11.7 Å². The molecule has 1 fully saturated rings. The van der Waals surface area contributed by atoms with Crippen LogP contribution < -0.4 is 9.46 Å². The number of ether oxygens (including phenoxy) is 1. The topological polar surface area (TPSA) is 55.4 Å². The summed E-state index contributed by atoms with van der Waals surface area (Å²) in [5, 5.41) is 0. The maximum Gasteiger partial charge on any atom is 0.244 e. The van der Waals surface area contributed by atoms with Crippen molar-refractivity contribution in [1.29, 1.82) is 0 Å². The highest BCUT2D eigenvalue weighted by Crippen LogP contribution is 2.31. The van der Waals surface area contributed by atoms with E-state index >= 15 is 0 Å². The second kappa shape index (κ2) is 5.14. The summed E-state index contributed by atoms with van der Waals surface area (Å²) in [7, 11) is -2.39. The number of halogens is 2. The number of hydrogen-bond acceptors (Lipinski definition) is 3. The molecule has 7 heteroatoms. The third kappa shape index (κ3) is 3.02. The predicted octanol–water partition coefficient (Wildman–Crippen LogP) is 2.29. The number of hydrogen-bond donors (Lipinski definition) is 1. The zero-order chi connectivity index (χ0) is 13.3. The molecule has 1 aromatic carbocycles. The van der Waals surface area contributed by atoms with E-state index in [4.69, 9.17) is 4.74 Å². The molecule has 100 valence electrons. The van der Waals surface area contributed by atoms with Crippen molar-refractivity contribution in [3.63, 3.8) is 0 Å². The fraction of sp³-hybridized carbons (Fsp3) is 0.455. The first-order valence-corrected chi connectivity index (χ1v) is 7.74. The third-order valence-corrected chi connectivity index (χ3v) is 4.81. The minimum absolute atomic E-state index is 0.117. The third-order valence-electron chi connectivity index (χ3n) is 2.76. The lowest BCUT2D eigenvalue weighted by atomic mass is 10.3. The molecular formula is C11H13BrFNO3S. The van der Waals surface area contributed by atoms with Gasteiger partial charge < -0.3 is 4.74 Å². The lowest BCUT2D eigenvalue weighted by Gasteiger charge is -2.11. The minimum atomic E-state index is -3.73. The monoisotopic (exact) mass is 337 g/mol. The quantitative estimate of drug-likeness (QED) is 0.896. The van der Waals surface area contributed by atoms with Gasteiger partial charge in [-0.3, -0.25) is 0 Å². The average Bonchev–Trinajstić information content (AvgIpc) is 3.13. The van der Waals surface area contributed by atoms with Crippen LogP contribution in [0.4, 0.5) is 4.39 Å². The number of methoxy groups -OCH3 is 1. The number of sulfonamides is 1. The molecule has 1 N–H and O–H groups in total. The van der Waals surface area contributed by atoms with Gasteiger partial charge in [0.05, 0.1) is 11.6 Å². The predicted molar refractivity (Wildman–Crippen MR) is 68.6 cm³/mol. The van der Waals surface area contributed by atoms with Gasteiger partial charge in [-0.15, -0.1) is 0 Å². The van der Waals surface area contributed by atoms with Crippen molar-refractivity contribution in [3.05, 3.63) is 22.4 Å². The van der Waals surface area contributed by atoms with Crippen molar-refractivity contribution in [2.75, 3.05) is 13.7 Å². The van der Waals surface area contributed by atoms with Crippen LogP contribution in [-0.2, 0) is 10.0 Å². The number of rotatable bonds is 5. The van der Waals surface area contributed by atoms with E-state index in [2.05, 4.69) is 20.7 Å². The molecule has 2 rings (SSSR count). The highest BCUT2D eigenvalue weighted by atomic mass is 79.9. The first-order chi connectivity index (χ1) is 8.44. The molecule has 0 saturated heterocycles. The van der Waals surface area contributed by atoms with Crippen LogP contribution in [0.1, 0.15) is 12.8 Å². The van der Waals surface area contributed by atoms with Gasteiger partial charge in [-0.1, -0.05) is 0 Å². The summed E-state index contributed by atoms with van der Waals surface area (Å²) in [6, 6.07) is 2.26. The van der Waals surface area contributed by atoms with Crippen molar-refractivity contribution >= 4 is 26.0 Å². The van der Waals surface area contributed by atoms with Crippen molar-refractivity contribution in [2.45, 2.75) is 17.7 Å². The summed E-state index contributed by atoms with van der Waals surface area (Å²) in [6.45, 7) is 0.392. The van der Waals surface area contributed by atoms with E-state index in [1.807, 2.05) is 0 Å². The van der Waals surface area contributed by atoms with Gasteiger partial charge >= 0.3 is 0 Å². The highest BCUT2D eigenvalue weighted by molar-refractivity contribution is 9.10. The lowest BCUT2D eigenvalue weighted by Crippen LogP contribution is -2.26. The van der Waals surface area contributed by atoms with Crippen molar-refractivity contribution in [2.24, 2.45) is 5.92 Å². The highest BCUT2D eigenvalue weighted by Gasteiger charge is 2.26. The molecule has 1 aliphatic rings. The Morgan fingerprint density at radius 1 is 1.50 bits per heavy atom. The maximum atomic E-state index is 13.4. The van der Waals surface area contributed by atoms with E-state index in [-0.39, 0.29) is 15.1 Å². The van der Waals surface area contributed by atoms with Gasteiger partial charge in [0.2, 0.25) is 10.0 Å². The van der Waals surface area contributed by atoms with Crippen LogP contribution in [0.2, 0.25) is 0 Å². The second-order valence-corrected chi connectivity index (χ2v) is 6.80. The zero-order valence-electron chi connectivity index (χ0n) is 9.74. The number of benzene rings is 1. The summed E-state index contributed by atoms with van der Waals surface area (Å²) < 4.78 is 45.1. The van der Waals surface area contributed by atoms with Gasteiger partial charge in [0.1, 0.15) is 16.5 Å². The van der Waals surface area contributed by atoms with Crippen LogP contribution >= 0.6 is 15.9 Å². The second-order valence-electron chi connectivity index (χ2n) is 4.21. The Bertz CT molecular complexity index is 558. The van der Waals surface area contributed by atoms with E-state index < -0.39 is 15.8 Å². The first-order valence-electron chi connectivity index (χ1n) is 5.46. The maximum absolute atomic E-state index is 13.4. The smallest absolute Gasteiger partial charge is 0.244 e. The van der Waals surface area contributed by atoms with E-state index in [0.717, 1.165) is 18.9 Å². The van der Waals surface area contributed by atoms with Gasteiger partial charge in [-0.2, -0.15) is 0 Å². The van der Waals surface area contributed by atoms with Crippen molar-refractivity contribution in [3.8, 4) is 5.75 Å². The van der Waals surface area contributed by atoms with Crippen molar-refractivity contribution in [1.82, 2.24) is 4.72 Å². The van der Waals surface area contributed by atoms with Crippen LogP contribution in [0.3, 0.4) is 0 Å². The molecule has 0 atom stereocenters. The summed E-state index contributed by atoms with van der Waals surface area (Å²) >= 11 is 2.99. The lowest BCUT2D eigenvalue weighted by molar-refractivity contribution is 0.400. The standard InChI is InChI=1S/C11H13BrFNO3S/c1-17-10-4-8(12)9(13)5-11(10)18(15,16)14-6-7-2-3-7/h4-5,7,14H,2-3,6H2,1H3. The van der Waals surface area contributed by atoms with Gasteiger partial charge in [0, 0.05) is 6.54 Å². The van der Waals surface area contributed by atoms with Gasteiger partial charge in [-0.05, 0) is 46.8 Å². The molecule has 4 nitrogen and oxygen atoms in total. The largest absolute Gasteiger partial charge is 0.495 e. The minimum Gasteiger partial charge on any atom is -0.495 e.